The van der Waals surface area contributed by atoms with Crippen molar-refractivity contribution in [1.29, 1.82) is 0 Å². The number of likely N-dealkylation sites (N-methyl/N-ethyl adjacent to an activating group) is 1. The Labute approximate surface area is 130 Å². The first kappa shape index (κ1) is 17.2. The number of aliphatic hydroxyl groups is 1. The van der Waals surface area contributed by atoms with E-state index in [1.165, 1.54) is 6.08 Å². The summed E-state index contributed by atoms with van der Waals surface area (Å²) in [6.45, 7) is 14.9. The molecule has 22 heavy (non-hydrogen) atoms. The minimum absolute atomic E-state index is 0.0254. The Kier molecular flexibility index (Phi) is 7.18. The molecule has 6 nitrogen and oxygen atoms in total. The molecule has 1 amide bonds. The second kappa shape index (κ2) is 9.17. The normalized spacial score (nSPS) is 10.5. The number of benzene rings is 1. The average Bonchev–Trinajstić information content (AvgIpc) is 2.55. The summed E-state index contributed by atoms with van der Waals surface area (Å²) >= 11 is 0. The Morgan fingerprint density at radius 2 is 2.05 bits per heavy atom. The Balaban J connectivity index is 2.81. The van der Waals surface area contributed by atoms with E-state index >= 15 is 0 Å². The first-order chi connectivity index (χ1) is 10.6. The molecule has 0 aromatic heterocycles. The zero-order valence-electron chi connectivity index (χ0n) is 12.4. The summed E-state index contributed by atoms with van der Waals surface area (Å²) in [6, 6.07) is 7.38. The fourth-order valence-electron chi connectivity index (χ4n) is 1.72. The van der Waals surface area contributed by atoms with E-state index in [4.69, 9.17) is 18.3 Å². The summed E-state index contributed by atoms with van der Waals surface area (Å²) in [4.78, 5) is 20.2. The molecule has 1 aromatic rings. The largest absolute Gasteiger partial charge is 0.395 e. The van der Waals surface area contributed by atoms with E-state index in [2.05, 4.69) is 15.0 Å². The van der Waals surface area contributed by atoms with Crippen molar-refractivity contribution in [1.82, 2.24) is 5.32 Å². The van der Waals surface area contributed by atoms with Crippen molar-refractivity contribution in [3.05, 3.63) is 58.4 Å². The molecule has 0 radical (unpaired) electrons. The molecule has 0 unspecified atom stereocenters. The van der Waals surface area contributed by atoms with E-state index in [-0.39, 0.29) is 18.8 Å². The molecule has 2 N–H and O–H groups in total. The topological polar surface area (TPSA) is 61.3 Å². The second-order valence-corrected chi connectivity index (χ2v) is 4.52. The molecule has 1 aromatic carbocycles. The second-order valence-electron chi connectivity index (χ2n) is 4.52. The number of anilines is 1. The first-order valence-corrected chi connectivity index (χ1v) is 6.75. The van der Waals surface area contributed by atoms with Crippen LogP contribution in [0.15, 0.2) is 30.0 Å². The third-order valence-electron chi connectivity index (χ3n) is 2.93. The number of hydrogen-bond acceptors (Lipinski definition) is 3. The van der Waals surface area contributed by atoms with Gasteiger partial charge in [-0.05, 0) is 23.8 Å². The highest BCUT2D eigenvalue weighted by Crippen LogP contribution is 2.16. The van der Waals surface area contributed by atoms with Gasteiger partial charge in [0.25, 0.3) is 5.70 Å². The maximum atomic E-state index is 11.7. The first-order valence-electron chi connectivity index (χ1n) is 6.75. The van der Waals surface area contributed by atoms with Crippen LogP contribution in [0.3, 0.4) is 0 Å². The molecule has 0 aliphatic heterocycles. The maximum absolute atomic E-state index is 11.7. The van der Waals surface area contributed by atoms with Gasteiger partial charge in [0.1, 0.15) is 0 Å². The fraction of sp³-hybridized carbons (Fsp3) is 0.312. The van der Waals surface area contributed by atoms with Crippen LogP contribution in [0.25, 0.3) is 15.8 Å². The van der Waals surface area contributed by atoms with Crippen LogP contribution in [0.1, 0.15) is 5.56 Å². The zero-order chi connectivity index (χ0) is 16.4. The minimum atomic E-state index is -0.498. The molecule has 0 fully saturated rings. The van der Waals surface area contributed by atoms with Gasteiger partial charge in [0.15, 0.2) is 0 Å². The van der Waals surface area contributed by atoms with Crippen molar-refractivity contribution in [2.75, 3.05) is 38.2 Å². The van der Waals surface area contributed by atoms with Gasteiger partial charge in [0, 0.05) is 19.3 Å². The lowest BCUT2D eigenvalue weighted by atomic mass is 10.1. The van der Waals surface area contributed by atoms with Crippen LogP contribution >= 0.6 is 0 Å². The fourth-order valence-corrected chi connectivity index (χ4v) is 1.72. The lowest BCUT2D eigenvalue weighted by Gasteiger charge is -2.16. The number of carbonyl (C=O) groups is 1. The minimum Gasteiger partial charge on any atom is -0.395 e. The van der Waals surface area contributed by atoms with Gasteiger partial charge in [-0.3, -0.25) is 4.79 Å². The number of nitrogens with one attached hydrogen (secondary N) is 1. The van der Waals surface area contributed by atoms with Crippen molar-refractivity contribution in [3.8, 4) is 0 Å². The smallest absolute Gasteiger partial charge is 0.250 e. The molecule has 114 valence electrons. The SMILES string of the molecule is [C-]#[N+]CCN(C)c1ccc(/C=C(\[N+]#[C-])C(=O)NCCO)cc1. The molecule has 0 saturated carbocycles. The van der Waals surface area contributed by atoms with Gasteiger partial charge in [-0.25, -0.2) is 11.4 Å². The summed E-state index contributed by atoms with van der Waals surface area (Å²) in [5.41, 5.74) is 1.69. The molecule has 0 heterocycles. The number of amides is 1. The third-order valence-corrected chi connectivity index (χ3v) is 2.93. The summed E-state index contributed by atoms with van der Waals surface area (Å²) in [6.07, 6.45) is 1.50. The molecule has 0 saturated heterocycles. The zero-order valence-corrected chi connectivity index (χ0v) is 12.4. The highest BCUT2D eigenvalue weighted by molar-refractivity contribution is 5.99. The van der Waals surface area contributed by atoms with E-state index in [9.17, 15) is 4.79 Å². The van der Waals surface area contributed by atoms with Gasteiger partial charge >= 0.3 is 0 Å². The van der Waals surface area contributed by atoms with Crippen molar-refractivity contribution in [2.45, 2.75) is 0 Å². The summed E-state index contributed by atoms with van der Waals surface area (Å²) in [7, 11) is 1.91. The highest BCUT2D eigenvalue weighted by atomic mass is 16.3. The molecule has 0 aliphatic carbocycles. The van der Waals surface area contributed by atoms with E-state index in [1.807, 2.05) is 36.2 Å². The van der Waals surface area contributed by atoms with Gasteiger partial charge in [0.05, 0.1) is 19.7 Å². The Hall–Kier alpha value is -2.83. The monoisotopic (exact) mass is 298 g/mol. The predicted molar refractivity (Wildman–Crippen MR) is 85.9 cm³/mol. The van der Waals surface area contributed by atoms with E-state index < -0.39 is 5.91 Å². The van der Waals surface area contributed by atoms with E-state index in [0.717, 1.165) is 11.3 Å². The molecule has 1 rings (SSSR count). The molecule has 0 atom stereocenters. The maximum Gasteiger partial charge on any atom is 0.250 e. The Bertz CT molecular complexity index is 609. The van der Waals surface area contributed by atoms with Crippen LogP contribution in [0.2, 0.25) is 0 Å². The van der Waals surface area contributed by atoms with Crippen molar-refractivity contribution in [2.24, 2.45) is 0 Å². The summed E-state index contributed by atoms with van der Waals surface area (Å²) < 4.78 is 0. The van der Waals surface area contributed by atoms with Crippen LogP contribution < -0.4 is 10.2 Å². The summed E-state index contributed by atoms with van der Waals surface area (Å²) in [5, 5.41) is 11.1. The number of aliphatic hydroxyl groups excluding tert-OH is 1. The predicted octanol–water partition coefficient (Wildman–Crippen LogP) is 1.41. The quantitative estimate of drug-likeness (QED) is 0.591. The Morgan fingerprint density at radius 3 is 2.59 bits per heavy atom. The number of hydrogen-bond donors (Lipinski definition) is 2. The van der Waals surface area contributed by atoms with Crippen molar-refractivity contribution in [3.63, 3.8) is 0 Å². The standard InChI is InChI=1S/C16H18N4O2/c1-17-8-10-20(3)14-6-4-13(5-7-14)12-15(18-2)16(22)19-9-11-21/h4-7,12,21H,8-11H2,3H3,(H,19,22)/b15-12-. The van der Waals surface area contributed by atoms with Gasteiger partial charge in [-0.15, -0.1) is 0 Å². The van der Waals surface area contributed by atoms with Crippen LogP contribution in [-0.2, 0) is 4.79 Å². The van der Waals surface area contributed by atoms with E-state index in [0.29, 0.717) is 13.1 Å². The van der Waals surface area contributed by atoms with E-state index in [1.54, 1.807) is 0 Å². The molecular weight excluding hydrogens is 280 g/mol. The van der Waals surface area contributed by atoms with Crippen molar-refractivity contribution < 1.29 is 9.90 Å². The third kappa shape index (κ3) is 5.28. The molecule has 6 heteroatoms. The van der Waals surface area contributed by atoms with Gasteiger partial charge in [-0.1, -0.05) is 12.1 Å². The van der Waals surface area contributed by atoms with Crippen LogP contribution in [-0.4, -0.2) is 44.3 Å². The van der Waals surface area contributed by atoms with Gasteiger partial charge < -0.3 is 20.2 Å². The highest BCUT2D eigenvalue weighted by Gasteiger charge is 2.09. The average molecular weight is 298 g/mol. The van der Waals surface area contributed by atoms with Crippen LogP contribution in [0, 0.1) is 13.1 Å². The lowest BCUT2D eigenvalue weighted by Crippen LogP contribution is -2.26. The van der Waals surface area contributed by atoms with Crippen LogP contribution in [0.4, 0.5) is 5.69 Å². The summed E-state index contributed by atoms with van der Waals surface area (Å²) in [5.74, 6) is -0.498. The molecule has 0 bridgehead atoms. The van der Waals surface area contributed by atoms with Gasteiger partial charge in [0.2, 0.25) is 12.5 Å². The number of carbonyl (C=O) groups excluding carboxylic acids is 1. The Morgan fingerprint density at radius 1 is 1.36 bits per heavy atom. The van der Waals surface area contributed by atoms with Crippen molar-refractivity contribution >= 4 is 17.7 Å². The lowest BCUT2D eigenvalue weighted by molar-refractivity contribution is -0.117. The van der Waals surface area contributed by atoms with Gasteiger partial charge in [-0.2, -0.15) is 0 Å². The molecular formula is C16H18N4O2. The number of nitrogens with zero attached hydrogens (tertiary/aromatic N) is 3. The molecule has 0 aliphatic rings. The number of rotatable bonds is 7. The van der Waals surface area contributed by atoms with Crippen LogP contribution in [0.5, 0.6) is 0 Å². The molecule has 0 spiro atoms.